The predicted octanol–water partition coefficient (Wildman–Crippen LogP) is 2.30. The lowest BCUT2D eigenvalue weighted by molar-refractivity contribution is 0.413. The normalized spacial score (nSPS) is 10.7. The van der Waals surface area contributed by atoms with Gasteiger partial charge >= 0.3 is 0 Å². The molecule has 3 rings (SSSR count). The fourth-order valence-electron chi connectivity index (χ4n) is 2.12. The Bertz CT molecular complexity index is 840. The van der Waals surface area contributed by atoms with Gasteiger partial charge in [0, 0.05) is 11.8 Å². The summed E-state index contributed by atoms with van der Waals surface area (Å²) in [7, 11) is 1.60. The lowest BCUT2D eigenvalue weighted by Gasteiger charge is -2.05. The highest BCUT2D eigenvalue weighted by Crippen LogP contribution is 2.24. The van der Waals surface area contributed by atoms with Crippen LogP contribution in [0.5, 0.6) is 5.75 Å². The molecule has 0 amide bonds. The minimum atomic E-state index is -0.134. The Labute approximate surface area is 115 Å². The Hall–Kier alpha value is -2.69. The van der Waals surface area contributed by atoms with Gasteiger partial charge in [-0.05, 0) is 30.7 Å². The van der Waals surface area contributed by atoms with Crippen LogP contribution in [-0.2, 0) is 0 Å². The van der Waals surface area contributed by atoms with Crippen LogP contribution in [-0.4, -0.2) is 22.1 Å². The van der Waals surface area contributed by atoms with Crippen LogP contribution in [0, 0.1) is 6.92 Å². The number of aryl methyl sites for hydroxylation is 1. The van der Waals surface area contributed by atoms with Gasteiger partial charge in [0.05, 0.1) is 24.2 Å². The SMILES string of the molecule is COc1cncc(-c2ccc3nc(C)[nH]c(=O)c3c2)c1. The lowest BCUT2D eigenvalue weighted by Crippen LogP contribution is -2.09. The smallest absolute Gasteiger partial charge is 0.258 e. The van der Waals surface area contributed by atoms with Gasteiger partial charge in [-0.3, -0.25) is 9.78 Å². The van der Waals surface area contributed by atoms with Gasteiger partial charge in [0.2, 0.25) is 0 Å². The van der Waals surface area contributed by atoms with Crippen molar-refractivity contribution in [2.75, 3.05) is 7.11 Å². The van der Waals surface area contributed by atoms with Crippen LogP contribution >= 0.6 is 0 Å². The first-order valence-corrected chi connectivity index (χ1v) is 6.17. The monoisotopic (exact) mass is 267 g/mol. The molecule has 0 aliphatic carbocycles. The first kappa shape index (κ1) is 12.3. The minimum Gasteiger partial charge on any atom is -0.495 e. The molecule has 2 heterocycles. The third-order valence-electron chi connectivity index (χ3n) is 3.11. The minimum absolute atomic E-state index is 0.134. The molecule has 0 radical (unpaired) electrons. The molecule has 1 aromatic carbocycles. The number of fused-ring (bicyclic) bond motifs is 1. The maximum absolute atomic E-state index is 12.0. The number of hydrogen-bond acceptors (Lipinski definition) is 4. The fraction of sp³-hybridized carbons (Fsp3) is 0.133. The van der Waals surface area contributed by atoms with Crippen LogP contribution < -0.4 is 10.3 Å². The number of ether oxygens (including phenoxy) is 1. The van der Waals surface area contributed by atoms with Crippen molar-refractivity contribution in [3.05, 3.63) is 52.8 Å². The van der Waals surface area contributed by atoms with Crippen LogP contribution in [0.1, 0.15) is 5.82 Å². The van der Waals surface area contributed by atoms with Crippen molar-refractivity contribution >= 4 is 10.9 Å². The molecule has 0 aliphatic rings. The van der Waals surface area contributed by atoms with Crippen LogP contribution in [0.15, 0.2) is 41.5 Å². The van der Waals surface area contributed by atoms with E-state index in [9.17, 15) is 4.79 Å². The Morgan fingerprint density at radius 2 is 2.00 bits per heavy atom. The molecule has 5 heteroatoms. The Morgan fingerprint density at radius 3 is 2.80 bits per heavy atom. The molecule has 0 spiro atoms. The zero-order chi connectivity index (χ0) is 14.1. The van der Waals surface area contributed by atoms with E-state index in [1.807, 2.05) is 24.3 Å². The largest absolute Gasteiger partial charge is 0.495 e. The average molecular weight is 267 g/mol. The highest BCUT2D eigenvalue weighted by atomic mass is 16.5. The number of nitrogens with zero attached hydrogens (tertiary/aromatic N) is 2. The number of H-pyrrole nitrogens is 1. The van der Waals surface area contributed by atoms with E-state index in [0.717, 1.165) is 11.1 Å². The summed E-state index contributed by atoms with van der Waals surface area (Å²) in [6.45, 7) is 1.76. The first-order chi connectivity index (χ1) is 9.67. The number of hydrogen-bond donors (Lipinski definition) is 1. The number of rotatable bonds is 2. The number of aromatic amines is 1. The number of aromatic nitrogens is 3. The van der Waals surface area contributed by atoms with E-state index in [1.165, 1.54) is 0 Å². The van der Waals surface area contributed by atoms with Gasteiger partial charge in [-0.15, -0.1) is 0 Å². The van der Waals surface area contributed by atoms with Gasteiger partial charge < -0.3 is 9.72 Å². The molecule has 0 bridgehead atoms. The molecule has 2 aromatic heterocycles. The second kappa shape index (κ2) is 4.77. The molecule has 0 saturated heterocycles. The molecule has 20 heavy (non-hydrogen) atoms. The maximum atomic E-state index is 12.0. The number of nitrogens with one attached hydrogen (secondary N) is 1. The summed E-state index contributed by atoms with van der Waals surface area (Å²) in [6.07, 6.45) is 3.38. The van der Waals surface area contributed by atoms with Gasteiger partial charge in [-0.2, -0.15) is 0 Å². The standard InChI is InChI=1S/C15H13N3O2/c1-9-17-14-4-3-10(6-13(14)15(19)18-9)11-5-12(20-2)8-16-7-11/h3-8H,1-2H3,(H,17,18,19). The third kappa shape index (κ3) is 2.14. The highest BCUT2D eigenvalue weighted by molar-refractivity contribution is 5.83. The van der Waals surface area contributed by atoms with Crippen molar-refractivity contribution in [3.63, 3.8) is 0 Å². The van der Waals surface area contributed by atoms with Gasteiger partial charge in [0.15, 0.2) is 0 Å². The molecule has 0 unspecified atom stereocenters. The lowest BCUT2D eigenvalue weighted by atomic mass is 10.1. The van der Waals surface area contributed by atoms with Crippen molar-refractivity contribution < 1.29 is 4.74 Å². The molecule has 1 N–H and O–H groups in total. The summed E-state index contributed by atoms with van der Waals surface area (Å²) in [5.74, 6) is 1.29. The number of methoxy groups -OCH3 is 1. The van der Waals surface area contributed by atoms with E-state index < -0.39 is 0 Å². The Kier molecular flexibility index (Phi) is 2.95. The van der Waals surface area contributed by atoms with E-state index >= 15 is 0 Å². The summed E-state index contributed by atoms with van der Waals surface area (Å²) in [5.41, 5.74) is 2.35. The van der Waals surface area contributed by atoms with Crippen molar-refractivity contribution in [2.45, 2.75) is 6.92 Å². The van der Waals surface area contributed by atoms with Gasteiger partial charge in [0.25, 0.3) is 5.56 Å². The molecule has 0 aliphatic heterocycles. The van der Waals surface area contributed by atoms with E-state index in [-0.39, 0.29) is 5.56 Å². The van der Waals surface area contributed by atoms with E-state index in [2.05, 4.69) is 15.0 Å². The van der Waals surface area contributed by atoms with E-state index in [0.29, 0.717) is 22.5 Å². The third-order valence-corrected chi connectivity index (χ3v) is 3.11. The second-order valence-corrected chi connectivity index (χ2v) is 4.50. The summed E-state index contributed by atoms with van der Waals surface area (Å²) < 4.78 is 5.16. The average Bonchev–Trinajstić information content (AvgIpc) is 2.47. The van der Waals surface area contributed by atoms with Crippen molar-refractivity contribution in [2.24, 2.45) is 0 Å². The van der Waals surface area contributed by atoms with E-state index in [4.69, 9.17) is 4.74 Å². The first-order valence-electron chi connectivity index (χ1n) is 6.17. The molecule has 3 aromatic rings. The zero-order valence-corrected chi connectivity index (χ0v) is 11.2. The zero-order valence-electron chi connectivity index (χ0n) is 11.2. The Balaban J connectivity index is 2.20. The maximum Gasteiger partial charge on any atom is 0.258 e. The molecule has 0 saturated carbocycles. The van der Waals surface area contributed by atoms with Crippen molar-refractivity contribution in [3.8, 4) is 16.9 Å². The predicted molar refractivity (Wildman–Crippen MR) is 76.9 cm³/mol. The topological polar surface area (TPSA) is 67.9 Å². The molecular weight excluding hydrogens is 254 g/mol. The molecule has 5 nitrogen and oxygen atoms in total. The van der Waals surface area contributed by atoms with Crippen LogP contribution in [0.3, 0.4) is 0 Å². The van der Waals surface area contributed by atoms with Gasteiger partial charge in [-0.1, -0.05) is 6.07 Å². The van der Waals surface area contributed by atoms with Crippen LogP contribution in [0.2, 0.25) is 0 Å². The summed E-state index contributed by atoms with van der Waals surface area (Å²) >= 11 is 0. The molecule has 100 valence electrons. The van der Waals surface area contributed by atoms with Crippen molar-refractivity contribution in [1.82, 2.24) is 15.0 Å². The quantitative estimate of drug-likeness (QED) is 0.773. The van der Waals surface area contributed by atoms with Gasteiger partial charge in [0.1, 0.15) is 11.6 Å². The van der Waals surface area contributed by atoms with E-state index in [1.54, 1.807) is 26.4 Å². The molecule has 0 fully saturated rings. The summed E-state index contributed by atoms with van der Waals surface area (Å²) in [4.78, 5) is 23.1. The fourth-order valence-corrected chi connectivity index (χ4v) is 2.12. The summed E-state index contributed by atoms with van der Waals surface area (Å²) in [6, 6.07) is 7.46. The number of benzene rings is 1. The Morgan fingerprint density at radius 1 is 1.15 bits per heavy atom. The second-order valence-electron chi connectivity index (χ2n) is 4.50. The van der Waals surface area contributed by atoms with Crippen LogP contribution in [0.4, 0.5) is 0 Å². The van der Waals surface area contributed by atoms with Crippen molar-refractivity contribution in [1.29, 1.82) is 0 Å². The number of pyridine rings is 1. The van der Waals surface area contributed by atoms with Crippen LogP contribution in [0.25, 0.3) is 22.0 Å². The molecular formula is C15H13N3O2. The van der Waals surface area contributed by atoms with Gasteiger partial charge in [-0.25, -0.2) is 4.98 Å². The summed E-state index contributed by atoms with van der Waals surface area (Å²) in [5, 5.41) is 0.566. The molecule has 0 atom stereocenters. The highest BCUT2D eigenvalue weighted by Gasteiger charge is 2.05.